The van der Waals surface area contributed by atoms with Gasteiger partial charge in [0.2, 0.25) is 0 Å². The van der Waals surface area contributed by atoms with Crippen molar-refractivity contribution in [2.45, 2.75) is 129 Å². The van der Waals surface area contributed by atoms with Crippen LogP contribution in [0.3, 0.4) is 0 Å². The van der Waals surface area contributed by atoms with E-state index in [4.69, 9.17) is 10.2 Å². The zero-order chi connectivity index (χ0) is 29.8. The predicted molar refractivity (Wildman–Crippen MR) is 174 cm³/mol. The van der Waals surface area contributed by atoms with Gasteiger partial charge < -0.3 is 10.2 Å². The van der Waals surface area contributed by atoms with Gasteiger partial charge in [-0.2, -0.15) is 0 Å². The van der Waals surface area contributed by atoms with Gasteiger partial charge in [0.1, 0.15) is 0 Å². The van der Waals surface area contributed by atoms with Gasteiger partial charge in [0.25, 0.3) is 0 Å². The molecule has 0 saturated carbocycles. The second kappa shape index (κ2) is 36.1. The Hall–Kier alpha value is -2.88. The van der Waals surface area contributed by atoms with Crippen molar-refractivity contribution in [3.63, 3.8) is 0 Å². The molecule has 2 N–H and O–H groups in total. The molecule has 0 aliphatic rings. The quantitative estimate of drug-likeness (QED) is 0.0869. The minimum absolute atomic E-state index is 0.228. The summed E-state index contributed by atoms with van der Waals surface area (Å²) < 4.78 is 0. The van der Waals surface area contributed by atoms with Crippen LogP contribution < -0.4 is 0 Å². The Labute approximate surface area is 246 Å². The molecule has 0 bridgehead atoms. The molecule has 4 heteroatoms. The van der Waals surface area contributed by atoms with E-state index in [1.54, 1.807) is 0 Å². The van der Waals surface area contributed by atoms with Crippen molar-refractivity contribution in [1.82, 2.24) is 0 Å². The molecule has 0 rings (SSSR count). The standard InChI is InChI=1S/C18H30O2.C18H28O2/c2*1-2-3-4-5-6-7-8-9-10-11-12-13-14-15-16-17-18(19)20/h3-4,6-7,9-10H,2,5,8,11-17H2,1H3,(H,19,20);3-4,6-7,10-11,14-15H,2,5,8-9,12-13,16-17H2,1H3,(H,19,20)/b4-3+,7-6+,10-9+;4-3-,7-6-,11-10-,15-14-. The van der Waals surface area contributed by atoms with Gasteiger partial charge in [-0.1, -0.05) is 118 Å². The van der Waals surface area contributed by atoms with Crippen molar-refractivity contribution in [2.24, 2.45) is 0 Å². The highest BCUT2D eigenvalue weighted by atomic mass is 16.4. The molecule has 40 heavy (non-hydrogen) atoms. The molecule has 0 aromatic carbocycles. The van der Waals surface area contributed by atoms with Crippen LogP contribution in [0, 0.1) is 0 Å². The van der Waals surface area contributed by atoms with E-state index < -0.39 is 11.9 Å². The van der Waals surface area contributed by atoms with E-state index in [0.29, 0.717) is 12.8 Å². The zero-order valence-electron chi connectivity index (χ0n) is 25.5. The first kappa shape index (κ1) is 39.3. The van der Waals surface area contributed by atoms with Crippen molar-refractivity contribution in [3.05, 3.63) is 85.1 Å². The van der Waals surface area contributed by atoms with Crippen LogP contribution in [0.25, 0.3) is 0 Å². The number of carbonyl (C=O) groups is 2. The fourth-order valence-electron chi connectivity index (χ4n) is 3.51. The highest BCUT2D eigenvalue weighted by Gasteiger charge is 1.95. The Morgan fingerprint density at radius 3 is 1.23 bits per heavy atom. The molecular formula is C36H58O4. The van der Waals surface area contributed by atoms with E-state index in [-0.39, 0.29) is 6.42 Å². The fraction of sp³-hybridized carbons (Fsp3) is 0.556. The molecule has 0 saturated heterocycles. The lowest BCUT2D eigenvalue weighted by Gasteiger charge is -1.98. The van der Waals surface area contributed by atoms with Crippen LogP contribution in [0.4, 0.5) is 0 Å². The summed E-state index contributed by atoms with van der Waals surface area (Å²) >= 11 is 0. The molecule has 0 unspecified atom stereocenters. The molecule has 0 radical (unpaired) electrons. The lowest BCUT2D eigenvalue weighted by atomic mass is 10.1. The smallest absolute Gasteiger partial charge is 0.303 e. The van der Waals surface area contributed by atoms with Crippen molar-refractivity contribution in [3.8, 4) is 0 Å². The summed E-state index contributed by atoms with van der Waals surface area (Å²) in [4.78, 5) is 20.6. The van der Waals surface area contributed by atoms with Crippen LogP contribution in [0.5, 0.6) is 0 Å². The summed E-state index contributed by atoms with van der Waals surface area (Å²) in [5.41, 5.74) is 0. The molecular weight excluding hydrogens is 496 g/mol. The minimum Gasteiger partial charge on any atom is -0.481 e. The number of carboxylic acids is 2. The lowest BCUT2D eigenvalue weighted by molar-refractivity contribution is -0.138. The van der Waals surface area contributed by atoms with Gasteiger partial charge in [-0.05, 0) is 83.5 Å². The predicted octanol–water partition coefficient (Wildman–Crippen LogP) is 11.1. The van der Waals surface area contributed by atoms with Crippen LogP contribution in [-0.2, 0) is 9.59 Å². The molecule has 226 valence electrons. The molecule has 0 amide bonds. The van der Waals surface area contributed by atoms with Crippen LogP contribution >= 0.6 is 0 Å². The van der Waals surface area contributed by atoms with E-state index >= 15 is 0 Å². The van der Waals surface area contributed by atoms with E-state index in [0.717, 1.165) is 83.5 Å². The Balaban J connectivity index is 0. The van der Waals surface area contributed by atoms with Crippen LogP contribution in [0.15, 0.2) is 85.1 Å². The van der Waals surface area contributed by atoms with Crippen molar-refractivity contribution < 1.29 is 19.8 Å². The maximum Gasteiger partial charge on any atom is 0.303 e. The molecule has 4 nitrogen and oxygen atoms in total. The van der Waals surface area contributed by atoms with Gasteiger partial charge in [0.05, 0.1) is 0 Å². The van der Waals surface area contributed by atoms with Gasteiger partial charge in [-0.3, -0.25) is 9.59 Å². The first-order chi connectivity index (χ1) is 19.5. The van der Waals surface area contributed by atoms with Gasteiger partial charge in [-0.15, -0.1) is 0 Å². The van der Waals surface area contributed by atoms with Gasteiger partial charge in [0, 0.05) is 12.8 Å². The summed E-state index contributed by atoms with van der Waals surface area (Å²) in [5, 5.41) is 17.0. The SMILES string of the molecule is CC/C=C/C/C=C/C/C=C/CCCCCCCC(=O)O.CC/C=C\C/C=C\CC/C=C\CC/C=C\CCC(=O)O. The average Bonchev–Trinajstić information content (AvgIpc) is 2.93. The normalized spacial score (nSPS) is 12.2. The number of aliphatic carboxylic acids is 2. The summed E-state index contributed by atoms with van der Waals surface area (Å²) in [5.74, 6) is -1.40. The summed E-state index contributed by atoms with van der Waals surface area (Å²) in [6.45, 7) is 4.29. The van der Waals surface area contributed by atoms with Gasteiger partial charge in [-0.25, -0.2) is 0 Å². The van der Waals surface area contributed by atoms with E-state index in [2.05, 4.69) is 92.8 Å². The highest BCUT2D eigenvalue weighted by Crippen LogP contribution is 2.08. The van der Waals surface area contributed by atoms with E-state index in [9.17, 15) is 9.59 Å². The topological polar surface area (TPSA) is 74.6 Å². The summed E-state index contributed by atoms with van der Waals surface area (Å²) in [6, 6.07) is 0. The maximum atomic E-state index is 10.3. The van der Waals surface area contributed by atoms with Crippen LogP contribution in [-0.4, -0.2) is 22.2 Å². The number of rotatable bonds is 25. The number of carboxylic acid groups (broad SMARTS) is 2. The third kappa shape index (κ3) is 42.2. The van der Waals surface area contributed by atoms with Crippen LogP contribution in [0.1, 0.15) is 129 Å². The fourth-order valence-corrected chi connectivity index (χ4v) is 3.51. The molecule has 0 aromatic rings. The Bertz CT molecular complexity index is 766. The molecule has 0 aliphatic heterocycles. The molecule has 0 aliphatic carbocycles. The number of hydrogen-bond donors (Lipinski definition) is 2. The first-order valence-electron chi connectivity index (χ1n) is 15.5. The van der Waals surface area contributed by atoms with Crippen LogP contribution in [0.2, 0.25) is 0 Å². The number of allylic oxidation sites excluding steroid dienone is 14. The minimum atomic E-state index is -0.729. The third-order valence-corrected chi connectivity index (χ3v) is 5.74. The highest BCUT2D eigenvalue weighted by molar-refractivity contribution is 5.67. The van der Waals surface area contributed by atoms with Gasteiger partial charge in [0.15, 0.2) is 0 Å². The molecule has 0 heterocycles. The molecule has 0 fully saturated rings. The number of hydrogen-bond acceptors (Lipinski definition) is 2. The van der Waals surface area contributed by atoms with Crippen molar-refractivity contribution in [1.29, 1.82) is 0 Å². The molecule has 0 spiro atoms. The zero-order valence-corrected chi connectivity index (χ0v) is 25.5. The summed E-state index contributed by atoms with van der Waals surface area (Å²) in [6.07, 6.45) is 47.9. The summed E-state index contributed by atoms with van der Waals surface area (Å²) in [7, 11) is 0. The van der Waals surface area contributed by atoms with Crippen molar-refractivity contribution in [2.75, 3.05) is 0 Å². The Morgan fingerprint density at radius 2 is 0.750 bits per heavy atom. The average molecular weight is 555 g/mol. The maximum absolute atomic E-state index is 10.3. The van der Waals surface area contributed by atoms with Gasteiger partial charge >= 0.3 is 11.9 Å². The van der Waals surface area contributed by atoms with Crippen molar-refractivity contribution >= 4 is 11.9 Å². The Morgan fingerprint density at radius 1 is 0.400 bits per heavy atom. The third-order valence-electron chi connectivity index (χ3n) is 5.74. The molecule has 0 atom stereocenters. The Kier molecular flexibility index (Phi) is 35.5. The first-order valence-corrected chi connectivity index (χ1v) is 15.5. The van der Waals surface area contributed by atoms with E-state index in [1.165, 1.54) is 12.8 Å². The number of unbranched alkanes of at least 4 members (excludes halogenated alkanes) is 7. The lowest BCUT2D eigenvalue weighted by Crippen LogP contribution is -1.93. The molecule has 0 aromatic heterocycles. The monoisotopic (exact) mass is 554 g/mol. The largest absolute Gasteiger partial charge is 0.481 e. The second-order valence-corrected chi connectivity index (χ2v) is 9.61. The second-order valence-electron chi connectivity index (χ2n) is 9.61. The van der Waals surface area contributed by atoms with E-state index in [1.807, 2.05) is 6.08 Å².